The van der Waals surface area contributed by atoms with Gasteiger partial charge in [0.2, 0.25) is 0 Å². The standard InChI is InChI=1S/C12H17ClN2O/c1-3-8(2)7-16-10-6-4-5-9(13)11(10)12(14)15/h4-6,8H,3,7H2,1-2H3,(H3,14,15). The SMILES string of the molecule is CCC(C)COc1cccc(Cl)c1C(=N)N. The van der Waals surface area contributed by atoms with Crippen LogP contribution in [0.15, 0.2) is 18.2 Å². The number of nitrogens with two attached hydrogens (primary N) is 1. The molecule has 0 aliphatic carbocycles. The van der Waals surface area contributed by atoms with Gasteiger partial charge in [0, 0.05) is 0 Å². The summed E-state index contributed by atoms with van der Waals surface area (Å²) < 4.78 is 5.63. The van der Waals surface area contributed by atoms with Crippen molar-refractivity contribution in [2.45, 2.75) is 20.3 Å². The van der Waals surface area contributed by atoms with E-state index in [4.69, 9.17) is 27.5 Å². The molecule has 4 heteroatoms. The van der Waals surface area contributed by atoms with Crippen molar-refractivity contribution in [3.63, 3.8) is 0 Å². The van der Waals surface area contributed by atoms with Crippen molar-refractivity contribution in [1.82, 2.24) is 0 Å². The van der Waals surface area contributed by atoms with Crippen molar-refractivity contribution < 1.29 is 4.74 Å². The van der Waals surface area contributed by atoms with Gasteiger partial charge in [-0.3, -0.25) is 5.41 Å². The minimum Gasteiger partial charge on any atom is -0.492 e. The number of rotatable bonds is 5. The predicted octanol–water partition coefficient (Wildman–Crippen LogP) is 3.05. The maximum atomic E-state index is 7.46. The highest BCUT2D eigenvalue weighted by Crippen LogP contribution is 2.26. The van der Waals surface area contributed by atoms with Crippen LogP contribution in [0.3, 0.4) is 0 Å². The number of hydrogen-bond acceptors (Lipinski definition) is 2. The lowest BCUT2D eigenvalue weighted by Crippen LogP contribution is -2.15. The fourth-order valence-corrected chi connectivity index (χ4v) is 1.50. The van der Waals surface area contributed by atoms with E-state index in [0.717, 1.165) is 6.42 Å². The van der Waals surface area contributed by atoms with E-state index in [1.54, 1.807) is 18.2 Å². The van der Waals surface area contributed by atoms with Crippen LogP contribution < -0.4 is 10.5 Å². The lowest BCUT2D eigenvalue weighted by atomic mass is 10.1. The lowest BCUT2D eigenvalue weighted by molar-refractivity contribution is 0.256. The average molecular weight is 241 g/mol. The molecular formula is C12H17ClN2O. The number of benzene rings is 1. The summed E-state index contributed by atoms with van der Waals surface area (Å²) in [4.78, 5) is 0. The Bertz CT molecular complexity index is 379. The first kappa shape index (κ1) is 12.8. The third-order valence-electron chi connectivity index (χ3n) is 2.46. The molecule has 0 aromatic heterocycles. The second-order valence-electron chi connectivity index (χ2n) is 3.85. The molecule has 3 N–H and O–H groups in total. The summed E-state index contributed by atoms with van der Waals surface area (Å²) in [5.74, 6) is 0.990. The minimum absolute atomic E-state index is 0.0650. The Kier molecular flexibility index (Phi) is 4.62. The molecule has 0 bridgehead atoms. The fraction of sp³-hybridized carbons (Fsp3) is 0.417. The Morgan fingerprint density at radius 3 is 2.81 bits per heavy atom. The number of amidine groups is 1. The van der Waals surface area contributed by atoms with E-state index >= 15 is 0 Å². The van der Waals surface area contributed by atoms with Gasteiger partial charge in [0.15, 0.2) is 0 Å². The van der Waals surface area contributed by atoms with Crippen LogP contribution in [0.4, 0.5) is 0 Å². The summed E-state index contributed by atoms with van der Waals surface area (Å²) in [6.07, 6.45) is 1.05. The number of hydrogen-bond donors (Lipinski definition) is 2. The first-order valence-electron chi connectivity index (χ1n) is 5.32. The van der Waals surface area contributed by atoms with Crippen LogP contribution in [0.5, 0.6) is 5.75 Å². The van der Waals surface area contributed by atoms with Crippen LogP contribution >= 0.6 is 11.6 Å². The number of ether oxygens (including phenoxy) is 1. The lowest BCUT2D eigenvalue weighted by Gasteiger charge is -2.14. The van der Waals surface area contributed by atoms with Gasteiger partial charge >= 0.3 is 0 Å². The summed E-state index contributed by atoms with van der Waals surface area (Å²) >= 11 is 5.97. The summed E-state index contributed by atoms with van der Waals surface area (Å²) in [6.45, 7) is 4.83. The largest absolute Gasteiger partial charge is 0.492 e. The molecule has 1 atom stereocenters. The van der Waals surface area contributed by atoms with Crippen molar-refractivity contribution >= 4 is 17.4 Å². The van der Waals surface area contributed by atoms with E-state index in [2.05, 4.69) is 13.8 Å². The zero-order valence-corrected chi connectivity index (χ0v) is 10.3. The molecule has 0 saturated carbocycles. The van der Waals surface area contributed by atoms with Crippen LogP contribution in [0.2, 0.25) is 5.02 Å². The number of nitrogen functional groups attached to an aromatic ring is 1. The zero-order valence-electron chi connectivity index (χ0n) is 9.59. The monoisotopic (exact) mass is 240 g/mol. The van der Waals surface area contributed by atoms with Gasteiger partial charge in [-0.1, -0.05) is 37.9 Å². The Morgan fingerprint density at radius 2 is 2.25 bits per heavy atom. The maximum absolute atomic E-state index is 7.46. The number of halogens is 1. The highest BCUT2D eigenvalue weighted by molar-refractivity contribution is 6.34. The molecule has 1 unspecified atom stereocenters. The van der Waals surface area contributed by atoms with Crippen LogP contribution in [0.25, 0.3) is 0 Å². The van der Waals surface area contributed by atoms with Gasteiger partial charge in [-0.15, -0.1) is 0 Å². The third-order valence-corrected chi connectivity index (χ3v) is 2.78. The first-order chi connectivity index (χ1) is 7.56. The maximum Gasteiger partial charge on any atom is 0.131 e. The van der Waals surface area contributed by atoms with Crippen LogP contribution in [-0.4, -0.2) is 12.4 Å². The summed E-state index contributed by atoms with van der Waals surface area (Å²) in [5, 5.41) is 7.91. The quantitative estimate of drug-likeness (QED) is 0.614. The van der Waals surface area contributed by atoms with Crippen molar-refractivity contribution in [1.29, 1.82) is 5.41 Å². The van der Waals surface area contributed by atoms with E-state index in [1.807, 2.05) is 0 Å². The van der Waals surface area contributed by atoms with Gasteiger partial charge in [-0.25, -0.2) is 0 Å². The van der Waals surface area contributed by atoms with Crippen molar-refractivity contribution in [3.05, 3.63) is 28.8 Å². The Balaban J connectivity index is 2.87. The molecule has 0 aliphatic heterocycles. The van der Waals surface area contributed by atoms with Crippen LogP contribution in [0, 0.1) is 11.3 Å². The molecule has 0 saturated heterocycles. The molecule has 0 heterocycles. The molecule has 0 fully saturated rings. The van der Waals surface area contributed by atoms with E-state index < -0.39 is 0 Å². The Morgan fingerprint density at radius 1 is 1.56 bits per heavy atom. The van der Waals surface area contributed by atoms with Crippen molar-refractivity contribution in [2.75, 3.05) is 6.61 Å². The van der Waals surface area contributed by atoms with Gasteiger partial charge in [0.25, 0.3) is 0 Å². The zero-order chi connectivity index (χ0) is 12.1. The highest BCUT2D eigenvalue weighted by Gasteiger charge is 2.11. The fourth-order valence-electron chi connectivity index (χ4n) is 1.24. The summed E-state index contributed by atoms with van der Waals surface area (Å²) in [7, 11) is 0. The van der Waals surface area contributed by atoms with E-state index in [-0.39, 0.29) is 5.84 Å². The second-order valence-corrected chi connectivity index (χ2v) is 4.26. The second kappa shape index (κ2) is 5.75. The smallest absolute Gasteiger partial charge is 0.131 e. The molecule has 0 spiro atoms. The molecule has 0 aliphatic rings. The minimum atomic E-state index is -0.0650. The Hall–Kier alpha value is -1.22. The molecule has 1 aromatic carbocycles. The molecule has 3 nitrogen and oxygen atoms in total. The highest BCUT2D eigenvalue weighted by atomic mass is 35.5. The van der Waals surface area contributed by atoms with E-state index in [1.165, 1.54) is 0 Å². The van der Waals surface area contributed by atoms with Crippen LogP contribution in [-0.2, 0) is 0 Å². The summed E-state index contributed by atoms with van der Waals surface area (Å²) in [6, 6.07) is 5.28. The van der Waals surface area contributed by atoms with E-state index in [0.29, 0.717) is 28.9 Å². The molecule has 0 amide bonds. The Labute approximate surface area is 101 Å². The molecule has 0 radical (unpaired) electrons. The average Bonchev–Trinajstić information content (AvgIpc) is 2.25. The molecule has 88 valence electrons. The predicted molar refractivity (Wildman–Crippen MR) is 67.4 cm³/mol. The van der Waals surface area contributed by atoms with Crippen molar-refractivity contribution in [3.8, 4) is 5.75 Å². The van der Waals surface area contributed by atoms with Gasteiger partial charge in [0.05, 0.1) is 17.2 Å². The van der Waals surface area contributed by atoms with Gasteiger partial charge in [-0.05, 0) is 18.1 Å². The van der Waals surface area contributed by atoms with E-state index in [9.17, 15) is 0 Å². The van der Waals surface area contributed by atoms with Gasteiger partial charge < -0.3 is 10.5 Å². The molecule has 1 rings (SSSR count). The van der Waals surface area contributed by atoms with Gasteiger partial charge in [-0.2, -0.15) is 0 Å². The van der Waals surface area contributed by atoms with Crippen LogP contribution in [0.1, 0.15) is 25.8 Å². The van der Waals surface area contributed by atoms with Crippen molar-refractivity contribution in [2.24, 2.45) is 11.7 Å². The van der Waals surface area contributed by atoms with Gasteiger partial charge in [0.1, 0.15) is 11.6 Å². The topological polar surface area (TPSA) is 59.1 Å². The molecule has 16 heavy (non-hydrogen) atoms. The first-order valence-corrected chi connectivity index (χ1v) is 5.69. The molecular weight excluding hydrogens is 224 g/mol. The third kappa shape index (κ3) is 3.14. The normalized spacial score (nSPS) is 12.2. The number of nitrogens with one attached hydrogen (secondary N) is 1. The molecule has 1 aromatic rings. The summed E-state index contributed by atoms with van der Waals surface area (Å²) in [5.41, 5.74) is 5.95.